The topological polar surface area (TPSA) is 76.8 Å². The lowest BCUT2D eigenvalue weighted by Gasteiger charge is -2.23. The lowest BCUT2D eigenvalue weighted by molar-refractivity contribution is -0.908. The molecule has 1 saturated heterocycles. The minimum atomic E-state index is -0.801. The molecule has 1 aliphatic heterocycles. The predicted octanol–water partition coefficient (Wildman–Crippen LogP) is 1.58. The maximum absolute atomic E-state index is 10.6. The number of nitrogens with one attached hydrogen (secondary N) is 2. The largest absolute Gasteiger partial charge is 0.489 e. The molecule has 9 heteroatoms. The van der Waals surface area contributed by atoms with Crippen molar-refractivity contribution in [2.24, 2.45) is 0 Å². The van der Waals surface area contributed by atoms with E-state index in [1.807, 2.05) is 33.4 Å². The van der Waals surface area contributed by atoms with Gasteiger partial charge in [-0.25, -0.2) is 0 Å². The number of nitrogens with zero attached hydrogens (tertiary/aromatic N) is 2. The Kier molecular flexibility index (Phi) is 7.20. The summed E-state index contributed by atoms with van der Waals surface area (Å²) < 4.78 is 15.0. The van der Waals surface area contributed by atoms with Crippen LogP contribution in [0, 0.1) is 5.41 Å². The third kappa shape index (κ3) is 5.25. The molecular weight excluding hydrogens is 439 g/mol. The third-order valence-electron chi connectivity index (χ3n) is 5.58. The van der Waals surface area contributed by atoms with Crippen molar-refractivity contribution in [3.8, 4) is 5.75 Å². The first kappa shape index (κ1) is 22.2. The molecular formula is C22H27Cl2N4O3+. The minimum Gasteiger partial charge on any atom is -0.489 e. The summed E-state index contributed by atoms with van der Waals surface area (Å²) in [5.41, 5.74) is 2.29. The van der Waals surface area contributed by atoms with Crippen molar-refractivity contribution in [1.82, 2.24) is 9.13 Å². The number of benzene rings is 2. The fraction of sp³-hybridized carbons (Fsp3) is 0.409. The Morgan fingerprint density at radius 3 is 2.52 bits per heavy atom. The maximum Gasteiger partial charge on any atom is 0.203 e. The zero-order chi connectivity index (χ0) is 21.8. The Labute approximate surface area is 190 Å². The van der Waals surface area contributed by atoms with E-state index in [0.29, 0.717) is 21.4 Å². The molecule has 0 amide bonds. The van der Waals surface area contributed by atoms with E-state index in [-0.39, 0.29) is 13.2 Å². The molecule has 2 aromatic carbocycles. The lowest BCUT2D eigenvalue weighted by atomic mass is 10.3. The molecule has 0 saturated carbocycles. The van der Waals surface area contributed by atoms with Crippen LogP contribution in [0.4, 0.5) is 0 Å². The smallest absolute Gasteiger partial charge is 0.203 e. The molecule has 166 valence electrons. The van der Waals surface area contributed by atoms with Gasteiger partial charge in [0.1, 0.15) is 31.5 Å². The van der Waals surface area contributed by atoms with Gasteiger partial charge in [-0.1, -0.05) is 35.3 Å². The van der Waals surface area contributed by atoms with Crippen LogP contribution in [0.15, 0.2) is 42.5 Å². The van der Waals surface area contributed by atoms with E-state index in [2.05, 4.69) is 0 Å². The van der Waals surface area contributed by atoms with Gasteiger partial charge in [-0.15, -0.1) is 0 Å². The Bertz CT molecular complexity index is 1090. The normalized spacial score (nSPS) is 16.0. The van der Waals surface area contributed by atoms with Crippen LogP contribution in [0.3, 0.4) is 0 Å². The number of hydrogen-bond acceptors (Lipinski definition) is 4. The summed E-state index contributed by atoms with van der Waals surface area (Å²) in [5.74, 6) is 0.470. The number of hydrogen-bond donors (Lipinski definition) is 3. The molecule has 0 aliphatic carbocycles. The Morgan fingerprint density at radius 2 is 1.81 bits per heavy atom. The van der Waals surface area contributed by atoms with Crippen LogP contribution >= 0.6 is 23.2 Å². The molecule has 1 unspecified atom stereocenters. The molecule has 2 heterocycles. The van der Waals surface area contributed by atoms with Gasteiger partial charge in [-0.3, -0.25) is 5.41 Å². The van der Waals surface area contributed by atoms with E-state index < -0.39 is 6.10 Å². The second-order valence-electron chi connectivity index (χ2n) is 7.73. The fourth-order valence-corrected chi connectivity index (χ4v) is 4.39. The average Bonchev–Trinajstić information content (AvgIpc) is 3.03. The number of imidazole rings is 1. The van der Waals surface area contributed by atoms with E-state index in [9.17, 15) is 5.11 Å². The van der Waals surface area contributed by atoms with Gasteiger partial charge in [0.05, 0.1) is 48.9 Å². The summed E-state index contributed by atoms with van der Waals surface area (Å²) >= 11 is 12.1. The van der Waals surface area contributed by atoms with Gasteiger partial charge in [0.25, 0.3) is 0 Å². The summed E-state index contributed by atoms with van der Waals surface area (Å²) in [7, 11) is 0. The Morgan fingerprint density at radius 1 is 1.10 bits per heavy atom. The lowest BCUT2D eigenvalue weighted by Crippen LogP contribution is -3.14. The van der Waals surface area contributed by atoms with Crippen molar-refractivity contribution >= 4 is 34.2 Å². The van der Waals surface area contributed by atoms with Crippen molar-refractivity contribution in [1.29, 1.82) is 5.41 Å². The van der Waals surface area contributed by atoms with Crippen LogP contribution in [-0.4, -0.2) is 59.8 Å². The molecule has 0 spiro atoms. The second kappa shape index (κ2) is 10.1. The SMILES string of the molecule is N=c1n(CC[NH+]2CCOCC2)c2ccccc2n1CC(O)COc1ccc(Cl)cc1Cl. The Balaban J connectivity index is 1.47. The Hall–Kier alpha value is -2.03. The highest BCUT2D eigenvalue weighted by Gasteiger charge is 2.18. The number of rotatable bonds is 8. The quantitative estimate of drug-likeness (QED) is 0.472. The predicted molar refractivity (Wildman–Crippen MR) is 120 cm³/mol. The van der Waals surface area contributed by atoms with Gasteiger partial charge in [0.15, 0.2) is 0 Å². The summed E-state index contributed by atoms with van der Waals surface area (Å²) in [4.78, 5) is 1.49. The van der Waals surface area contributed by atoms with Gasteiger partial charge in [0, 0.05) is 5.02 Å². The molecule has 1 aromatic heterocycles. The number of morpholine rings is 1. The summed E-state index contributed by atoms with van der Waals surface area (Å²) in [6.45, 7) is 5.57. The van der Waals surface area contributed by atoms with Crippen LogP contribution in [0.5, 0.6) is 5.75 Å². The monoisotopic (exact) mass is 465 g/mol. The first-order valence-corrected chi connectivity index (χ1v) is 11.2. The first-order chi connectivity index (χ1) is 15.0. The number of para-hydroxylation sites is 2. The van der Waals surface area contributed by atoms with Crippen molar-refractivity contribution < 1.29 is 19.5 Å². The van der Waals surface area contributed by atoms with Crippen LogP contribution in [0.1, 0.15) is 0 Å². The molecule has 7 nitrogen and oxygen atoms in total. The number of quaternary nitrogens is 1. The molecule has 4 rings (SSSR count). The molecule has 31 heavy (non-hydrogen) atoms. The van der Waals surface area contributed by atoms with Crippen LogP contribution in [0.25, 0.3) is 11.0 Å². The van der Waals surface area contributed by atoms with Crippen LogP contribution < -0.4 is 15.3 Å². The van der Waals surface area contributed by atoms with E-state index >= 15 is 0 Å². The molecule has 0 radical (unpaired) electrons. The van der Waals surface area contributed by atoms with Crippen LogP contribution in [0.2, 0.25) is 10.0 Å². The zero-order valence-electron chi connectivity index (χ0n) is 17.2. The zero-order valence-corrected chi connectivity index (χ0v) is 18.7. The van der Waals surface area contributed by atoms with Gasteiger partial charge in [-0.05, 0) is 30.3 Å². The molecule has 0 bridgehead atoms. The summed E-state index contributed by atoms with van der Waals surface area (Å²) in [5, 5.41) is 20.3. The highest BCUT2D eigenvalue weighted by Crippen LogP contribution is 2.27. The van der Waals surface area contributed by atoms with Gasteiger partial charge >= 0.3 is 0 Å². The number of aliphatic hydroxyl groups excluding tert-OH is 1. The number of fused-ring (bicyclic) bond motifs is 1. The summed E-state index contributed by atoms with van der Waals surface area (Å²) in [6.07, 6.45) is -0.801. The van der Waals surface area contributed by atoms with Gasteiger partial charge in [-0.2, -0.15) is 0 Å². The van der Waals surface area contributed by atoms with E-state index in [1.165, 1.54) is 4.90 Å². The van der Waals surface area contributed by atoms with Crippen molar-refractivity contribution in [3.63, 3.8) is 0 Å². The van der Waals surface area contributed by atoms with Crippen molar-refractivity contribution in [3.05, 3.63) is 58.1 Å². The number of halogens is 2. The molecule has 3 N–H and O–H groups in total. The highest BCUT2D eigenvalue weighted by atomic mass is 35.5. The maximum atomic E-state index is 10.6. The van der Waals surface area contributed by atoms with Gasteiger partial charge < -0.3 is 28.6 Å². The number of aliphatic hydroxyl groups is 1. The summed E-state index contributed by atoms with van der Waals surface area (Å²) in [6, 6.07) is 12.9. The molecule has 1 atom stereocenters. The van der Waals surface area contributed by atoms with Crippen molar-refractivity contribution in [2.45, 2.75) is 19.2 Å². The van der Waals surface area contributed by atoms with E-state index in [1.54, 1.807) is 18.2 Å². The molecule has 1 fully saturated rings. The fourth-order valence-electron chi connectivity index (χ4n) is 3.93. The van der Waals surface area contributed by atoms with Crippen LogP contribution in [-0.2, 0) is 17.8 Å². The minimum absolute atomic E-state index is 0.0607. The van der Waals surface area contributed by atoms with Crippen molar-refractivity contribution in [2.75, 3.05) is 39.5 Å². The number of aromatic nitrogens is 2. The second-order valence-corrected chi connectivity index (χ2v) is 8.57. The standard InChI is InChI=1S/C22H26Cl2N4O3/c23-16-5-6-21(18(24)13-16)31-15-17(29)14-28-20-4-2-1-3-19(20)27(22(28)25)8-7-26-9-11-30-12-10-26/h1-6,13,17,25,29H,7-12,14-15H2/p+1. The van der Waals surface area contributed by atoms with E-state index in [0.717, 1.165) is 50.4 Å². The van der Waals surface area contributed by atoms with E-state index in [4.69, 9.17) is 38.1 Å². The number of ether oxygens (including phenoxy) is 2. The average molecular weight is 466 g/mol. The third-order valence-corrected chi connectivity index (χ3v) is 6.11. The molecule has 1 aliphatic rings. The first-order valence-electron chi connectivity index (χ1n) is 10.4. The highest BCUT2D eigenvalue weighted by molar-refractivity contribution is 6.35. The van der Waals surface area contributed by atoms with Gasteiger partial charge in [0.2, 0.25) is 5.62 Å². The molecule has 3 aromatic rings.